The maximum absolute atomic E-state index is 3.44. The van der Waals surface area contributed by atoms with Gasteiger partial charge in [-0.25, -0.2) is 0 Å². The molecule has 1 fully saturated rings. The molecule has 0 radical (unpaired) electrons. The van der Waals surface area contributed by atoms with Crippen LogP contribution < -0.4 is 5.32 Å². The molecule has 1 aliphatic rings. The van der Waals surface area contributed by atoms with Crippen molar-refractivity contribution in [2.75, 3.05) is 18.6 Å². The van der Waals surface area contributed by atoms with E-state index in [0.717, 1.165) is 12.0 Å². The molecule has 0 heterocycles. The monoisotopic (exact) mass is 201 g/mol. The molecule has 0 spiro atoms. The summed E-state index contributed by atoms with van der Waals surface area (Å²) in [5.74, 6) is 3.67. The van der Waals surface area contributed by atoms with Crippen molar-refractivity contribution < 1.29 is 0 Å². The Morgan fingerprint density at radius 1 is 1.46 bits per heavy atom. The van der Waals surface area contributed by atoms with Crippen molar-refractivity contribution in [2.45, 2.75) is 45.1 Å². The molecule has 1 nitrogen and oxygen atoms in total. The van der Waals surface area contributed by atoms with Gasteiger partial charge in [-0.1, -0.05) is 26.2 Å². The fourth-order valence-corrected chi connectivity index (χ4v) is 2.81. The lowest BCUT2D eigenvalue weighted by Crippen LogP contribution is -2.32. The minimum absolute atomic E-state index is 0.766. The molecular weight excluding hydrogens is 178 g/mol. The Hall–Kier alpha value is 0.310. The second kappa shape index (κ2) is 6.72. The largest absolute Gasteiger partial charge is 0.316 e. The van der Waals surface area contributed by atoms with Crippen LogP contribution in [-0.2, 0) is 0 Å². The minimum Gasteiger partial charge on any atom is -0.316 e. The Balaban J connectivity index is 2.03. The Morgan fingerprint density at radius 3 is 2.69 bits per heavy atom. The predicted octanol–water partition coefficient (Wildman–Crippen LogP) is 2.91. The van der Waals surface area contributed by atoms with Gasteiger partial charge in [-0.3, -0.25) is 0 Å². The molecule has 78 valence electrons. The first-order chi connectivity index (χ1) is 6.36. The first-order valence-corrected chi connectivity index (χ1v) is 6.77. The van der Waals surface area contributed by atoms with E-state index >= 15 is 0 Å². The molecule has 0 aliphatic heterocycles. The Kier molecular flexibility index (Phi) is 5.88. The number of rotatable bonds is 7. The normalized spacial score (nSPS) is 19.8. The number of thioether (sulfide) groups is 1. The van der Waals surface area contributed by atoms with Gasteiger partial charge >= 0.3 is 0 Å². The van der Waals surface area contributed by atoms with Crippen molar-refractivity contribution in [1.82, 2.24) is 5.32 Å². The summed E-state index contributed by atoms with van der Waals surface area (Å²) in [5.41, 5.74) is 0. The van der Waals surface area contributed by atoms with Crippen molar-refractivity contribution in [3.05, 3.63) is 0 Å². The maximum Gasteiger partial charge on any atom is 0.0157 e. The second-order valence-corrected chi connectivity index (χ2v) is 5.24. The van der Waals surface area contributed by atoms with Gasteiger partial charge in [0.05, 0.1) is 0 Å². The molecule has 1 rings (SSSR count). The Labute approximate surface area is 87.1 Å². The fourth-order valence-electron chi connectivity index (χ4n) is 1.77. The van der Waals surface area contributed by atoms with E-state index in [1.165, 1.54) is 43.6 Å². The molecule has 0 aromatic heterocycles. The molecule has 0 aromatic carbocycles. The molecule has 0 aromatic rings. The highest BCUT2D eigenvalue weighted by Gasteiger charge is 2.20. The number of nitrogens with one attached hydrogen (secondary N) is 1. The van der Waals surface area contributed by atoms with Gasteiger partial charge in [0.2, 0.25) is 0 Å². The van der Waals surface area contributed by atoms with Crippen molar-refractivity contribution >= 4 is 11.8 Å². The van der Waals surface area contributed by atoms with Gasteiger partial charge in [-0.15, -0.1) is 0 Å². The lowest BCUT2D eigenvalue weighted by atomic mass is 9.81. The SMILES string of the molecule is CCCSCC(CC1CCC1)NC. The van der Waals surface area contributed by atoms with Gasteiger partial charge in [0, 0.05) is 11.8 Å². The lowest BCUT2D eigenvalue weighted by molar-refractivity contribution is 0.272. The van der Waals surface area contributed by atoms with Crippen LogP contribution in [0.5, 0.6) is 0 Å². The molecule has 1 unspecified atom stereocenters. The van der Waals surface area contributed by atoms with Crippen LogP contribution >= 0.6 is 11.8 Å². The topological polar surface area (TPSA) is 12.0 Å². The first kappa shape index (κ1) is 11.4. The van der Waals surface area contributed by atoms with E-state index in [1.807, 2.05) is 0 Å². The van der Waals surface area contributed by atoms with Crippen LogP contribution in [0.1, 0.15) is 39.0 Å². The lowest BCUT2D eigenvalue weighted by Gasteiger charge is -2.29. The van der Waals surface area contributed by atoms with E-state index in [0.29, 0.717) is 0 Å². The van der Waals surface area contributed by atoms with Crippen molar-refractivity contribution in [1.29, 1.82) is 0 Å². The van der Waals surface area contributed by atoms with E-state index in [9.17, 15) is 0 Å². The average molecular weight is 201 g/mol. The van der Waals surface area contributed by atoms with E-state index < -0.39 is 0 Å². The second-order valence-electron chi connectivity index (χ2n) is 4.09. The standard InChI is InChI=1S/C11H23NS/c1-3-7-13-9-11(12-2)8-10-5-4-6-10/h10-12H,3-9H2,1-2H3. The summed E-state index contributed by atoms with van der Waals surface area (Å²) in [4.78, 5) is 0. The molecule has 1 saturated carbocycles. The molecule has 0 amide bonds. The highest BCUT2D eigenvalue weighted by Crippen LogP contribution is 2.30. The Bertz CT molecular complexity index is 123. The van der Waals surface area contributed by atoms with Gasteiger partial charge in [0.15, 0.2) is 0 Å². The summed E-state index contributed by atoms with van der Waals surface area (Å²) in [6.07, 6.45) is 7.16. The smallest absolute Gasteiger partial charge is 0.0157 e. The third-order valence-corrected chi connectivity index (χ3v) is 4.25. The van der Waals surface area contributed by atoms with Crippen molar-refractivity contribution in [2.24, 2.45) is 5.92 Å². The molecular formula is C11H23NS. The quantitative estimate of drug-likeness (QED) is 0.636. The first-order valence-electron chi connectivity index (χ1n) is 5.61. The summed E-state index contributed by atoms with van der Waals surface area (Å²) in [6, 6.07) is 0.766. The van der Waals surface area contributed by atoms with Crippen molar-refractivity contribution in [3.63, 3.8) is 0 Å². The van der Waals surface area contributed by atoms with E-state index in [1.54, 1.807) is 0 Å². The molecule has 0 bridgehead atoms. The summed E-state index contributed by atoms with van der Waals surface area (Å²) in [6.45, 7) is 2.26. The minimum atomic E-state index is 0.766. The summed E-state index contributed by atoms with van der Waals surface area (Å²) >= 11 is 2.10. The van der Waals surface area contributed by atoms with Gasteiger partial charge < -0.3 is 5.32 Å². The van der Waals surface area contributed by atoms with Crippen LogP contribution in [0.25, 0.3) is 0 Å². The van der Waals surface area contributed by atoms with E-state index in [-0.39, 0.29) is 0 Å². The van der Waals surface area contributed by atoms with Gasteiger partial charge in [-0.2, -0.15) is 11.8 Å². The van der Waals surface area contributed by atoms with E-state index in [2.05, 4.69) is 31.1 Å². The average Bonchev–Trinajstić information content (AvgIpc) is 2.08. The molecule has 0 saturated heterocycles. The van der Waals surface area contributed by atoms with Crippen molar-refractivity contribution in [3.8, 4) is 0 Å². The van der Waals surface area contributed by atoms with Crippen LogP contribution in [-0.4, -0.2) is 24.6 Å². The molecule has 1 atom stereocenters. The Morgan fingerprint density at radius 2 is 2.23 bits per heavy atom. The predicted molar refractivity (Wildman–Crippen MR) is 62.4 cm³/mol. The zero-order valence-electron chi connectivity index (χ0n) is 9.01. The van der Waals surface area contributed by atoms with E-state index in [4.69, 9.17) is 0 Å². The highest BCUT2D eigenvalue weighted by atomic mass is 32.2. The zero-order valence-corrected chi connectivity index (χ0v) is 9.83. The van der Waals surface area contributed by atoms with Crippen LogP contribution in [0.15, 0.2) is 0 Å². The third kappa shape index (κ3) is 4.37. The van der Waals surface area contributed by atoms with Gasteiger partial charge in [0.1, 0.15) is 0 Å². The molecule has 2 heteroatoms. The third-order valence-electron chi connectivity index (χ3n) is 2.92. The number of hydrogen-bond acceptors (Lipinski definition) is 2. The van der Waals surface area contributed by atoms with Crippen LogP contribution in [0.3, 0.4) is 0 Å². The summed E-state index contributed by atoms with van der Waals surface area (Å²) in [7, 11) is 2.11. The fraction of sp³-hybridized carbons (Fsp3) is 1.00. The van der Waals surface area contributed by atoms with Crippen LogP contribution in [0.4, 0.5) is 0 Å². The maximum atomic E-state index is 3.44. The van der Waals surface area contributed by atoms with Crippen LogP contribution in [0.2, 0.25) is 0 Å². The van der Waals surface area contributed by atoms with Crippen LogP contribution in [0, 0.1) is 5.92 Å². The summed E-state index contributed by atoms with van der Waals surface area (Å²) < 4.78 is 0. The summed E-state index contributed by atoms with van der Waals surface area (Å²) in [5, 5.41) is 3.44. The molecule has 1 N–H and O–H groups in total. The van der Waals surface area contributed by atoms with Gasteiger partial charge in [0.25, 0.3) is 0 Å². The molecule has 1 aliphatic carbocycles. The number of hydrogen-bond donors (Lipinski definition) is 1. The van der Waals surface area contributed by atoms with Gasteiger partial charge in [-0.05, 0) is 31.6 Å². The zero-order chi connectivity index (χ0) is 9.52. The molecule has 13 heavy (non-hydrogen) atoms. The highest BCUT2D eigenvalue weighted by molar-refractivity contribution is 7.99.